The van der Waals surface area contributed by atoms with Crippen LogP contribution in [0.4, 0.5) is 0 Å². The molecule has 0 aliphatic rings. The van der Waals surface area contributed by atoms with Gasteiger partial charge in [-0.05, 0) is 58.7 Å². The molecule has 0 saturated heterocycles. The minimum atomic E-state index is -0.977. The second-order valence-electron chi connectivity index (χ2n) is 8.16. The molecule has 0 bridgehead atoms. The third-order valence-electron chi connectivity index (χ3n) is 6.11. The van der Waals surface area contributed by atoms with E-state index in [9.17, 15) is 0 Å². The van der Waals surface area contributed by atoms with Gasteiger partial charge < -0.3 is 15.0 Å². The summed E-state index contributed by atoms with van der Waals surface area (Å²) in [5.74, 6) is 0.526. The standard InChI is InChI=1S/C27H22Cl2N4O/c1-33-16-31-15-25(33)27(30,18-6-9-20(28)10-7-18)19-8-11-24-23(13-19)22(14-26(32-24)34-2)17-4-3-5-21(29)12-17/h3-16H,30H2,1-2H3. The Morgan fingerprint density at radius 1 is 0.912 bits per heavy atom. The lowest BCUT2D eigenvalue weighted by molar-refractivity contribution is 0.400. The molecule has 1 atom stereocenters. The number of imidazole rings is 1. The first-order chi connectivity index (χ1) is 16.4. The molecule has 3 aromatic carbocycles. The molecule has 0 saturated carbocycles. The van der Waals surface area contributed by atoms with E-state index >= 15 is 0 Å². The molecule has 2 aromatic heterocycles. The smallest absolute Gasteiger partial charge is 0.214 e. The molecule has 34 heavy (non-hydrogen) atoms. The average molecular weight is 489 g/mol. The first-order valence-electron chi connectivity index (χ1n) is 10.7. The second kappa shape index (κ2) is 8.76. The number of pyridine rings is 1. The summed E-state index contributed by atoms with van der Waals surface area (Å²) in [5, 5.41) is 2.24. The van der Waals surface area contributed by atoms with Crippen molar-refractivity contribution in [1.82, 2.24) is 14.5 Å². The van der Waals surface area contributed by atoms with E-state index in [1.807, 2.05) is 78.3 Å². The molecule has 1 unspecified atom stereocenters. The molecular formula is C27H22Cl2N4O. The maximum Gasteiger partial charge on any atom is 0.214 e. The highest BCUT2D eigenvalue weighted by atomic mass is 35.5. The van der Waals surface area contributed by atoms with Crippen molar-refractivity contribution in [3.63, 3.8) is 0 Å². The van der Waals surface area contributed by atoms with Crippen molar-refractivity contribution in [2.75, 3.05) is 7.11 Å². The maximum absolute atomic E-state index is 7.25. The zero-order chi connectivity index (χ0) is 23.9. The lowest BCUT2D eigenvalue weighted by atomic mass is 9.80. The highest BCUT2D eigenvalue weighted by molar-refractivity contribution is 6.31. The number of fused-ring (bicyclic) bond motifs is 1. The van der Waals surface area contributed by atoms with Crippen LogP contribution in [0.1, 0.15) is 16.8 Å². The summed E-state index contributed by atoms with van der Waals surface area (Å²) in [7, 11) is 3.54. The zero-order valence-electron chi connectivity index (χ0n) is 18.7. The Bertz CT molecular complexity index is 1500. The van der Waals surface area contributed by atoms with Gasteiger partial charge in [-0.15, -0.1) is 0 Å². The van der Waals surface area contributed by atoms with Crippen LogP contribution < -0.4 is 10.5 Å². The van der Waals surface area contributed by atoms with Gasteiger partial charge in [-0.25, -0.2) is 9.97 Å². The van der Waals surface area contributed by atoms with Gasteiger partial charge in [-0.1, -0.05) is 53.5 Å². The van der Waals surface area contributed by atoms with Crippen molar-refractivity contribution in [1.29, 1.82) is 0 Å². The van der Waals surface area contributed by atoms with Gasteiger partial charge in [0.25, 0.3) is 0 Å². The van der Waals surface area contributed by atoms with Gasteiger partial charge >= 0.3 is 0 Å². The number of hydrogen-bond donors (Lipinski definition) is 1. The van der Waals surface area contributed by atoms with Crippen LogP contribution in [-0.2, 0) is 12.6 Å². The largest absolute Gasteiger partial charge is 0.481 e. The Kier molecular flexibility index (Phi) is 5.78. The molecule has 0 amide bonds. The number of ether oxygens (including phenoxy) is 1. The van der Waals surface area contributed by atoms with Crippen molar-refractivity contribution in [2.24, 2.45) is 12.8 Å². The summed E-state index contributed by atoms with van der Waals surface area (Å²) >= 11 is 12.5. The highest BCUT2D eigenvalue weighted by Crippen LogP contribution is 2.39. The Labute approximate surface area is 207 Å². The van der Waals surface area contributed by atoms with Gasteiger partial charge in [0, 0.05) is 28.5 Å². The second-order valence-corrected chi connectivity index (χ2v) is 9.03. The van der Waals surface area contributed by atoms with Gasteiger partial charge in [0.05, 0.1) is 30.8 Å². The Morgan fingerprint density at radius 2 is 1.68 bits per heavy atom. The van der Waals surface area contributed by atoms with E-state index in [0.717, 1.165) is 38.9 Å². The molecule has 0 fully saturated rings. The van der Waals surface area contributed by atoms with E-state index in [-0.39, 0.29) is 0 Å². The van der Waals surface area contributed by atoms with Crippen LogP contribution in [0.25, 0.3) is 22.0 Å². The summed E-state index contributed by atoms with van der Waals surface area (Å²) in [4.78, 5) is 8.99. The molecule has 5 aromatic rings. The van der Waals surface area contributed by atoms with Gasteiger partial charge in [-0.2, -0.15) is 0 Å². The molecule has 0 spiro atoms. The van der Waals surface area contributed by atoms with Crippen molar-refractivity contribution in [3.05, 3.63) is 112 Å². The topological polar surface area (TPSA) is 66.0 Å². The normalized spacial score (nSPS) is 13.1. The summed E-state index contributed by atoms with van der Waals surface area (Å²) in [6.07, 6.45) is 3.54. The van der Waals surface area contributed by atoms with Gasteiger partial charge in [0.2, 0.25) is 5.88 Å². The molecule has 2 heterocycles. The summed E-state index contributed by atoms with van der Waals surface area (Å²) in [5.41, 5.74) is 11.6. The lowest BCUT2D eigenvalue weighted by Gasteiger charge is -2.31. The number of nitrogens with two attached hydrogens (primary N) is 1. The predicted octanol–water partition coefficient (Wildman–Crippen LogP) is 6.20. The SMILES string of the molecule is COc1cc(-c2cccc(Cl)c2)c2cc(C(N)(c3ccc(Cl)cc3)c3cncn3C)ccc2n1. The first kappa shape index (κ1) is 22.4. The van der Waals surface area contributed by atoms with Crippen molar-refractivity contribution >= 4 is 34.1 Å². The van der Waals surface area contributed by atoms with Crippen molar-refractivity contribution in [3.8, 4) is 17.0 Å². The van der Waals surface area contributed by atoms with Crippen molar-refractivity contribution < 1.29 is 4.74 Å². The molecule has 170 valence electrons. The molecular weight excluding hydrogens is 467 g/mol. The van der Waals surface area contributed by atoms with E-state index in [2.05, 4.69) is 16.0 Å². The van der Waals surface area contributed by atoms with Crippen LogP contribution in [0.2, 0.25) is 10.0 Å². The third-order valence-corrected chi connectivity index (χ3v) is 6.59. The highest BCUT2D eigenvalue weighted by Gasteiger charge is 2.35. The fraction of sp³-hybridized carbons (Fsp3) is 0.111. The monoisotopic (exact) mass is 488 g/mol. The number of hydrogen-bond acceptors (Lipinski definition) is 4. The van der Waals surface area contributed by atoms with E-state index in [4.69, 9.17) is 33.7 Å². The average Bonchev–Trinajstić information content (AvgIpc) is 3.29. The number of aryl methyl sites for hydroxylation is 1. The molecule has 0 aliphatic carbocycles. The number of halogens is 2. The summed E-state index contributed by atoms with van der Waals surface area (Å²) in [6.45, 7) is 0. The van der Waals surface area contributed by atoms with Crippen LogP contribution in [0.15, 0.2) is 85.3 Å². The fourth-order valence-corrected chi connectivity index (χ4v) is 4.67. The number of rotatable bonds is 5. The quantitative estimate of drug-likeness (QED) is 0.319. The molecule has 0 aliphatic heterocycles. The zero-order valence-corrected chi connectivity index (χ0v) is 20.2. The fourth-order valence-electron chi connectivity index (χ4n) is 4.36. The van der Waals surface area contributed by atoms with Gasteiger partial charge in [0.1, 0.15) is 5.54 Å². The molecule has 5 nitrogen and oxygen atoms in total. The van der Waals surface area contributed by atoms with E-state index in [1.54, 1.807) is 19.6 Å². The molecule has 0 radical (unpaired) electrons. The lowest BCUT2D eigenvalue weighted by Crippen LogP contribution is -2.40. The number of nitrogens with zero attached hydrogens (tertiary/aromatic N) is 3. The summed E-state index contributed by atoms with van der Waals surface area (Å²) < 4.78 is 7.41. The molecule has 5 rings (SSSR count). The van der Waals surface area contributed by atoms with Crippen LogP contribution in [0.5, 0.6) is 5.88 Å². The van der Waals surface area contributed by atoms with Gasteiger partial charge in [-0.3, -0.25) is 0 Å². The summed E-state index contributed by atoms with van der Waals surface area (Å²) in [6, 6.07) is 23.3. The van der Waals surface area contributed by atoms with E-state index in [1.165, 1.54) is 0 Å². The van der Waals surface area contributed by atoms with Gasteiger partial charge in [0.15, 0.2) is 0 Å². The number of aromatic nitrogens is 3. The maximum atomic E-state index is 7.25. The molecule has 2 N–H and O–H groups in total. The minimum Gasteiger partial charge on any atom is -0.481 e. The number of methoxy groups -OCH3 is 1. The minimum absolute atomic E-state index is 0.526. The van der Waals surface area contributed by atoms with Crippen LogP contribution in [0, 0.1) is 0 Å². The predicted molar refractivity (Wildman–Crippen MR) is 137 cm³/mol. The Hall–Kier alpha value is -3.38. The molecule has 7 heteroatoms. The van der Waals surface area contributed by atoms with Crippen LogP contribution in [0.3, 0.4) is 0 Å². The first-order valence-corrected chi connectivity index (χ1v) is 11.4. The van der Waals surface area contributed by atoms with Crippen LogP contribution in [-0.4, -0.2) is 21.6 Å². The van der Waals surface area contributed by atoms with E-state index < -0.39 is 5.54 Å². The Balaban J connectivity index is 1.80. The number of benzene rings is 3. The Morgan fingerprint density at radius 3 is 2.35 bits per heavy atom. The van der Waals surface area contributed by atoms with Crippen LogP contribution >= 0.6 is 23.2 Å². The van der Waals surface area contributed by atoms with Crippen molar-refractivity contribution in [2.45, 2.75) is 5.54 Å². The third kappa shape index (κ3) is 3.82. The van der Waals surface area contributed by atoms with E-state index in [0.29, 0.717) is 15.9 Å².